The van der Waals surface area contributed by atoms with E-state index < -0.39 is 24.5 Å². The molecule has 4 atom stereocenters. The molecular formula is C31H42BrN7O3. The van der Waals surface area contributed by atoms with E-state index in [4.69, 9.17) is 15.5 Å². The molecule has 2 aliphatic rings. The fourth-order valence-corrected chi connectivity index (χ4v) is 7.15. The predicted octanol–water partition coefficient (Wildman–Crippen LogP) is 4.69. The first-order valence-electron chi connectivity index (χ1n) is 14.9. The number of anilines is 1. The third kappa shape index (κ3) is 5.45. The van der Waals surface area contributed by atoms with E-state index in [1.807, 2.05) is 0 Å². The molecule has 6 rings (SSSR count). The number of nitrogens with one attached hydrogen (secondary N) is 1. The Morgan fingerprint density at radius 3 is 2.67 bits per heavy atom. The van der Waals surface area contributed by atoms with Gasteiger partial charge in [0.05, 0.1) is 16.4 Å². The number of imidazole rings is 1. The lowest BCUT2D eigenvalue weighted by molar-refractivity contribution is -0.0619. The molecule has 42 heavy (non-hydrogen) atoms. The van der Waals surface area contributed by atoms with Gasteiger partial charge in [0.1, 0.15) is 41.9 Å². The van der Waals surface area contributed by atoms with E-state index in [1.54, 1.807) is 10.8 Å². The van der Waals surface area contributed by atoms with Gasteiger partial charge in [-0.25, -0.2) is 15.0 Å². The molecule has 1 aliphatic carbocycles. The van der Waals surface area contributed by atoms with Crippen LogP contribution in [0.2, 0.25) is 0 Å². The maximum Gasteiger partial charge on any atom is 0.164 e. The van der Waals surface area contributed by atoms with Crippen molar-refractivity contribution in [2.45, 2.75) is 102 Å². The number of hydrogen-bond acceptors (Lipinski definition) is 8. The third-order valence-electron chi connectivity index (χ3n) is 9.13. The van der Waals surface area contributed by atoms with Crippen LogP contribution >= 0.6 is 15.9 Å². The van der Waals surface area contributed by atoms with Gasteiger partial charge in [0.2, 0.25) is 0 Å². The topological polar surface area (TPSA) is 138 Å². The lowest BCUT2D eigenvalue weighted by Gasteiger charge is -2.46. The minimum absolute atomic E-state index is 0.104. The van der Waals surface area contributed by atoms with Gasteiger partial charge >= 0.3 is 0 Å². The highest BCUT2D eigenvalue weighted by atomic mass is 79.9. The highest BCUT2D eigenvalue weighted by Crippen LogP contribution is 2.40. The molecule has 3 aromatic heterocycles. The lowest BCUT2D eigenvalue weighted by Crippen LogP contribution is -2.52. The number of nitrogens with two attached hydrogens (primary N) is 1. The summed E-state index contributed by atoms with van der Waals surface area (Å²) in [4.78, 5) is 19.2. The Morgan fingerprint density at radius 1 is 1.19 bits per heavy atom. The zero-order chi connectivity index (χ0) is 29.9. The van der Waals surface area contributed by atoms with Crippen LogP contribution in [0, 0.1) is 5.92 Å². The number of nitrogen functional groups attached to an aromatic ring is 1. The van der Waals surface area contributed by atoms with Gasteiger partial charge in [0.25, 0.3) is 0 Å². The Labute approximate surface area is 254 Å². The van der Waals surface area contributed by atoms with Crippen molar-refractivity contribution in [3.05, 3.63) is 46.6 Å². The normalized spacial score (nSPS) is 26.6. The maximum absolute atomic E-state index is 11.0. The summed E-state index contributed by atoms with van der Waals surface area (Å²) in [5.74, 6) is 2.03. The second-order valence-corrected chi connectivity index (χ2v) is 14.2. The van der Waals surface area contributed by atoms with E-state index in [0.717, 1.165) is 42.5 Å². The largest absolute Gasteiger partial charge is 0.387 e. The Balaban J connectivity index is 1.07. The van der Waals surface area contributed by atoms with Crippen LogP contribution in [-0.4, -0.2) is 76.6 Å². The van der Waals surface area contributed by atoms with E-state index in [1.165, 1.54) is 11.9 Å². The van der Waals surface area contributed by atoms with Crippen LogP contribution in [0.1, 0.15) is 71.5 Å². The second-order valence-electron chi connectivity index (χ2n) is 13.4. The van der Waals surface area contributed by atoms with Gasteiger partial charge in [-0.2, -0.15) is 0 Å². The summed E-state index contributed by atoms with van der Waals surface area (Å²) in [5, 5.41) is 22.7. The number of H-pyrrole nitrogens is 1. The van der Waals surface area contributed by atoms with Gasteiger partial charge in [0, 0.05) is 35.7 Å². The average molecular weight is 641 g/mol. The summed E-state index contributed by atoms with van der Waals surface area (Å²) >= 11 is 3.52. The average Bonchev–Trinajstić information content (AvgIpc) is 3.55. The van der Waals surface area contributed by atoms with Gasteiger partial charge < -0.3 is 30.2 Å². The minimum Gasteiger partial charge on any atom is -0.387 e. The summed E-state index contributed by atoms with van der Waals surface area (Å²) in [6.07, 6.45) is 3.98. The molecule has 10 nitrogen and oxygen atoms in total. The molecule has 4 aromatic rings. The molecule has 0 amide bonds. The summed E-state index contributed by atoms with van der Waals surface area (Å²) in [5.41, 5.74) is 10.1. The second kappa shape index (κ2) is 11.2. The van der Waals surface area contributed by atoms with E-state index >= 15 is 0 Å². The SMILES string of the molecule is CC(C)N(C[C@H]1O[C@@H](n2cc(Br)c3c(N)ncnc32)[C@H](O)[C@@H]1O)[C@H]1C[C@@H](CCc2nc3cc(C(C)(C)C)ccc3[nH]2)C1. The molecule has 0 bridgehead atoms. The monoisotopic (exact) mass is 639 g/mol. The number of nitrogens with zero attached hydrogens (tertiary/aromatic N) is 5. The standard InChI is InChI=1S/C31H42BrN7O3/c1-16(2)38(14-23-26(40)27(41)30(42-23)39-13-20(32)25-28(33)34-15-35-29(25)39)19-10-17(11-19)6-9-24-36-21-8-7-18(31(3,4)5)12-22(21)37-24/h7-8,12-13,15-17,19,23,26-27,30,40-41H,6,9-11,14H2,1-5H3,(H,36,37)(H2,33,34,35)/t17-,19+,23-,26-,27-,30-/m1/s1. The number of rotatable bonds is 8. The van der Waals surface area contributed by atoms with Crippen LogP contribution < -0.4 is 5.73 Å². The number of benzene rings is 1. The predicted molar refractivity (Wildman–Crippen MR) is 167 cm³/mol. The third-order valence-corrected chi connectivity index (χ3v) is 9.73. The maximum atomic E-state index is 11.0. The van der Waals surface area contributed by atoms with Crippen molar-refractivity contribution in [1.82, 2.24) is 29.4 Å². The summed E-state index contributed by atoms with van der Waals surface area (Å²) < 4.78 is 8.75. The molecule has 1 saturated heterocycles. The molecule has 0 radical (unpaired) electrons. The number of aromatic nitrogens is 5. The van der Waals surface area contributed by atoms with Crippen molar-refractivity contribution in [2.75, 3.05) is 12.3 Å². The molecule has 5 N–H and O–H groups in total. The molecule has 1 saturated carbocycles. The van der Waals surface area contributed by atoms with E-state index in [2.05, 4.69) is 88.6 Å². The Bertz CT molecular complexity index is 1570. The lowest BCUT2D eigenvalue weighted by atomic mass is 9.76. The van der Waals surface area contributed by atoms with Crippen molar-refractivity contribution >= 4 is 43.8 Å². The number of fused-ring (bicyclic) bond motifs is 2. The zero-order valence-corrected chi connectivity index (χ0v) is 26.5. The smallest absolute Gasteiger partial charge is 0.164 e. The van der Waals surface area contributed by atoms with Crippen molar-refractivity contribution in [3.63, 3.8) is 0 Å². The highest BCUT2D eigenvalue weighted by molar-refractivity contribution is 9.10. The number of hydrogen-bond donors (Lipinski definition) is 4. The van der Waals surface area contributed by atoms with Gasteiger partial charge in [-0.05, 0) is 78.1 Å². The molecule has 0 spiro atoms. The van der Waals surface area contributed by atoms with Crippen LogP contribution in [0.25, 0.3) is 22.1 Å². The highest BCUT2D eigenvalue weighted by Gasteiger charge is 2.46. The van der Waals surface area contributed by atoms with Crippen molar-refractivity contribution in [2.24, 2.45) is 5.92 Å². The number of aromatic amines is 1. The molecule has 1 aliphatic heterocycles. The van der Waals surface area contributed by atoms with E-state index in [9.17, 15) is 10.2 Å². The molecule has 4 heterocycles. The number of aryl methyl sites for hydroxylation is 1. The van der Waals surface area contributed by atoms with Gasteiger partial charge in [0.15, 0.2) is 6.23 Å². The Kier molecular flexibility index (Phi) is 7.84. The first kappa shape index (κ1) is 29.5. The number of ether oxygens (including phenoxy) is 1. The zero-order valence-electron chi connectivity index (χ0n) is 25.0. The van der Waals surface area contributed by atoms with Crippen LogP contribution in [0.3, 0.4) is 0 Å². The van der Waals surface area contributed by atoms with Crippen LogP contribution in [-0.2, 0) is 16.6 Å². The van der Waals surface area contributed by atoms with Crippen molar-refractivity contribution in [3.8, 4) is 0 Å². The summed E-state index contributed by atoms with van der Waals surface area (Å²) in [6, 6.07) is 7.24. The first-order valence-corrected chi connectivity index (χ1v) is 15.7. The van der Waals surface area contributed by atoms with Crippen LogP contribution in [0.4, 0.5) is 5.82 Å². The number of halogens is 1. The summed E-state index contributed by atoms with van der Waals surface area (Å²) in [7, 11) is 0. The number of aliphatic hydroxyl groups is 2. The van der Waals surface area contributed by atoms with Crippen molar-refractivity contribution in [1.29, 1.82) is 0 Å². The minimum atomic E-state index is -1.10. The molecular weight excluding hydrogens is 598 g/mol. The first-order chi connectivity index (χ1) is 19.9. The Hall–Kier alpha value is -2.57. The van der Waals surface area contributed by atoms with Gasteiger partial charge in [-0.3, -0.25) is 4.90 Å². The van der Waals surface area contributed by atoms with Gasteiger partial charge in [-0.15, -0.1) is 0 Å². The van der Waals surface area contributed by atoms with E-state index in [0.29, 0.717) is 39.8 Å². The van der Waals surface area contributed by atoms with Crippen LogP contribution in [0.5, 0.6) is 0 Å². The quantitative estimate of drug-likeness (QED) is 0.218. The molecule has 1 aromatic carbocycles. The molecule has 11 heteroatoms. The van der Waals surface area contributed by atoms with Crippen molar-refractivity contribution < 1.29 is 14.9 Å². The molecule has 2 fully saturated rings. The fraction of sp³-hybridized carbons (Fsp3) is 0.581. The van der Waals surface area contributed by atoms with E-state index in [-0.39, 0.29) is 11.5 Å². The Morgan fingerprint density at radius 2 is 1.95 bits per heavy atom. The molecule has 0 unspecified atom stereocenters. The number of aliphatic hydroxyl groups excluding tert-OH is 2. The van der Waals surface area contributed by atoms with Crippen LogP contribution in [0.15, 0.2) is 35.2 Å². The van der Waals surface area contributed by atoms with Gasteiger partial charge in [-0.1, -0.05) is 26.8 Å². The fourth-order valence-electron chi connectivity index (χ4n) is 6.55. The summed E-state index contributed by atoms with van der Waals surface area (Å²) in [6.45, 7) is 11.6. The molecule has 226 valence electrons.